The van der Waals surface area contributed by atoms with Crippen molar-refractivity contribution in [3.05, 3.63) is 176 Å². The van der Waals surface area contributed by atoms with Crippen molar-refractivity contribution in [1.82, 2.24) is 4.57 Å². The Morgan fingerprint density at radius 3 is 1.18 bits per heavy atom. The second-order valence-corrected chi connectivity index (χ2v) is 13.9. The van der Waals surface area contributed by atoms with Crippen LogP contribution in [0.2, 0.25) is 0 Å². The molecule has 0 unspecified atom stereocenters. The maximum atomic E-state index is 2.42. The minimum atomic E-state index is 1.16. The van der Waals surface area contributed by atoms with Gasteiger partial charge in [-0.3, -0.25) is 0 Å². The van der Waals surface area contributed by atoms with Crippen LogP contribution in [0.25, 0.3) is 80.4 Å². The maximum absolute atomic E-state index is 2.42. The van der Waals surface area contributed by atoms with Crippen LogP contribution >= 0.6 is 22.7 Å². The first-order chi connectivity index (χ1) is 24.3. The fourth-order valence-corrected chi connectivity index (χ4v) is 8.57. The Bertz CT molecular complexity index is 2480. The van der Waals surface area contributed by atoms with E-state index in [9.17, 15) is 0 Å². The summed E-state index contributed by atoms with van der Waals surface area (Å²) in [6, 6.07) is 63.8. The minimum Gasteiger partial charge on any atom is -0.309 e. The quantitative estimate of drug-likeness (QED) is 0.167. The van der Waals surface area contributed by atoms with Gasteiger partial charge in [0.15, 0.2) is 0 Å². The minimum absolute atomic E-state index is 1.16. The van der Waals surface area contributed by atoms with Crippen LogP contribution in [0.5, 0.6) is 0 Å². The van der Waals surface area contributed by atoms with Crippen LogP contribution in [0, 0.1) is 0 Å². The van der Waals surface area contributed by atoms with Crippen LogP contribution in [-0.2, 0) is 0 Å². The first kappa shape index (κ1) is 30.8. The van der Waals surface area contributed by atoms with Gasteiger partial charge in [-0.15, -0.1) is 22.7 Å². The normalized spacial score (nSPS) is 11.1. The van der Waals surface area contributed by atoms with Crippen LogP contribution in [0.4, 0.5) is 0 Å². The van der Waals surface area contributed by atoms with Crippen LogP contribution < -0.4 is 0 Å². The molecule has 49 heavy (non-hydrogen) atoms. The summed E-state index contributed by atoms with van der Waals surface area (Å²) in [6.45, 7) is 4.00. The highest BCUT2D eigenvalue weighted by Crippen LogP contribution is 2.41. The molecular formula is C46H35NS2. The van der Waals surface area contributed by atoms with Gasteiger partial charge in [0, 0.05) is 36.0 Å². The highest BCUT2D eigenvalue weighted by Gasteiger charge is 2.16. The molecule has 236 valence electrons. The Hall–Kier alpha value is -5.48. The summed E-state index contributed by atoms with van der Waals surface area (Å²) in [5.41, 5.74) is 11.1. The van der Waals surface area contributed by atoms with Crippen LogP contribution in [0.15, 0.2) is 176 Å². The predicted molar refractivity (Wildman–Crippen MR) is 215 cm³/mol. The molecule has 9 rings (SSSR count). The van der Waals surface area contributed by atoms with E-state index in [-0.39, 0.29) is 0 Å². The van der Waals surface area contributed by atoms with Gasteiger partial charge in [0.1, 0.15) is 0 Å². The van der Waals surface area contributed by atoms with Crippen molar-refractivity contribution in [2.45, 2.75) is 13.8 Å². The van der Waals surface area contributed by atoms with Crippen molar-refractivity contribution in [1.29, 1.82) is 0 Å². The molecule has 0 radical (unpaired) electrons. The van der Waals surface area contributed by atoms with Gasteiger partial charge in [-0.25, -0.2) is 0 Å². The van der Waals surface area contributed by atoms with E-state index in [1.54, 1.807) is 0 Å². The number of rotatable bonds is 6. The monoisotopic (exact) mass is 665 g/mol. The van der Waals surface area contributed by atoms with Crippen LogP contribution in [-0.4, -0.2) is 4.57 Å². The van der Waals surface area contributed by atoms with E-state index in [0.29, 0.717) is 0 Å². The molecule has 0 atom stereocenters. The molecule has 6 aromatic carbocycles. The fourth-order valence-electron chi connectivity index (χ4n) is 6.54. The standard InChI is InChI=1S/C44H29NS2.C2H6/c1-4-10-30(11-5-1)34-18-22-39-37(28-34)38-29-35(44-27-26-42(47-44)32-14-8-3-9-15-32)19-23-40(38)45(39)36-20-16-33(17-21-36)43-25-24-41(46-43)31-12-6-2-7-13-31;1-2/h1-29H;1-2H3. The molecule has 9 aromatic rings. The summed E-state index contributed by atoms with van der Waals surface area (Å²) in [5.74, 6) is 0. The van der Waals surface area contributed by atoms with Gasteiger partial charge in [0.05, 0.1) is 11.0 Å². The Balaban J connectivity index is 0.00000171. The molecule has 0 aliphatic heterocycles. The first-order valence-electron chi connectivity index (χ1n) is 16.8. The van der Waals surface area contributed by atoms with E-state index in [0.717, 1.165) is 5.69 Å². The lowest BCUT2D eigenvalue weighted by Crippen LogP contribution is -1.93. The first-order valence-corrected chi connectivity index (χ1v) is 18.5. The molecule has 3 aromatic heterocycles. The number of aromatic nitrogens is 1. The molecule has 0 aliphatic carbocycles. The van der Waals surface area contributed by atoms with Gasteiger partial charge >= 0.3 is 0 Å². The molecule has 3 heterocycles. The smallest absolute Gasteiger partial charge is 0.0541 e. The Kier molecular flexibility index (Phi) is 8.53. The third kappa shape index (κ3) is 5.93. The van der Waals surface area contributed by atoms with E-state index in [2.05, 4.69) is 180 Å². The molecule has 0 fully saturated rings. The van der Waals surface area contributed by atoms with E-state index < -0.39 is 0 Å². The second kappa shape index (κ2) is 13.6. The van der Waals surface area contributed by atoms with Gasteiger partial charge in [-0.1, -0.05) is 129 Å². The van der Waals surface area contributed by atoms with Crippen molar-refractivity contribution in [3.8, 4) is 58.6 Å². The lowest BCUT2D eigenvalue weighted by Gasteiger charge is -2.10. The van der Waals surface area contributed by atoms with Gasteiger partial charge < -0.3 is 4.57 Å². The number of thiophene rings is 2. The molecule has 3 heteroatoms. The average molecular weight is 666 g/mol. The number of fused-ring (bicyclic) bond motifs is 3. The van der Waals surface area contributed by atoms with Crippen LogP contribution in [0.3, 0.4) is 0 Å². The van der Waals surface area contributed by atoms with Crippen molar-refractivity contribution in [2.75, 3.05) is 0 Å². The highest BCUT2D eigenvalue weighted by molar-refractivity contribution is 7.19. The van der Waals surface area contributed by atoms with E-state index >= 15 is 0 Å². The molecule has 0 saturated carbocycles. The molecule has 0 bridgehead atoms. The number of hydrogen-bond donors (Lipinski definition) is 0. The van der Waals surface area contributed by atoms with E-state index in [4.69, 9.17) is 0 Å². The third-order valence-electron chi connectivity index (χ3n) is 8.90. The Labute approximate surface area is 296 Å². The predicted octanol–water partition coefficient (Wildman–Crippen LogP) is 14.3. The summed E-state index contributed by atoms with van der Waals surface area (Å²) in [5, 5.41) is 2.53. The SMILES string of the molecule is CC.c1ccc(-c2ccc3c(c2)c2cc(-c4ccc(-c5ccccc5)s4)ccc2n3-c2ccc(-c3ccc(-c4ccccc4)s3)cc2)cc1. The molecular weight excluding hydrogens is 631 g/mol. The van der Waals surface area contributed by atoms with Crippen molar-refractivity contribution >= 4 is 44.5 Å². The summed E-state index contributed by atoms with van der Waals surface area (Å²) in [4.78, 5) is 5.14. The van der Waals surface area contributed by atoms with Crippen molar-refractivity contribution in [2.24, 2.45) is 0 Å². The number of hydrogen-bond acceptors (Lipinski definition) is 2. The summed E-state index contributed by atoms with van der Waals surface area (Å²) < 4.78 is 2.42. The highest BCUT2D eigenvalue weighted by atomic mass is 32.1. The number of benzene rings is 6. The van der Waals surface area contributed by atoms with E-state index in [1.165, 1.54) is 74.7 Å². The van der Waals surface area contributed by atoms with Gasteiger partial charge in [0.2, 0.25) is 0 Å². The summed E-state index contributed by atoms with van der Waals surface area (Å²) >= 11 is 3.69. The Morgan fingerprint density at radius 2 is 0.694 bits per heavy atom. The number of nitrogens with zero attached hydrogens (tertiary/aromatic N) is 1. The van der Waals surface area contributed by atoms with Gasteiger partial charge in [0.25, 0.3) is 0 Å². The third-order valence-corrected chi connectivity index (χ3v) is 11.3. The zero-order valence-electron chi connectivity index (χ0n) is 27.5. The molecule has 0 saturated heterocycles. The lowest BCUT2D eigenvalue weighted by atomic mass is 10.0. The fraction of sp³-hybridized carbons (Fsp3) is 0.0435. The molecule has 0 spiro atoms. The largest absolute Gasteiger partial charge is 0.309 e. The average Bonchev–Trinajstić information content (AvgIpc) is 3.95. The molecule has 0 amide bonds. The Morgan fingerprint density at radius 1 is 0.327 bits per heavy atom. The second-order valence-electron chi connectivity index (χ2n) is 11.8. The summed E-state index contributed by atoms with van der Waals surface area (Å²) in [6.07, 6.45) is 0. The summed E-state index contributed by atoms with van der Waals surface area (Å²) in [7, 11) is 0. The maximum Gasteiger partial charge on any atom is 0.0541 e. The van der Waals surface area contributed by atoms with Gasteiger partial charge in [-0.05, 0) is 94.0 Å². The molecule has 0 N–H and O–H groups in total. The zero-order valence-corrected chi connectivity index (χ0v) is 29.1. The topological polar surface area (TPSA) is 4.93 Å². The van der Waals surface area contributed by atoms with Crippen LogP contribution in [0.1, 0.15) is 13.8 Å². The zero-order chi connectivity index (χ0) is 33.2. The van der Waals surface area contributed by atoms with Crippen molar-refractivity contribution < 1.29 is 0 Å². The lowest BCUT2D eigenvalue weighted by molar-refractivity contribution is 1.18. The molecule has 1 nitrogen and oxygen atoms in total. The van der Waals surface area contributed by atoms with E-state index in [1.807, 2.05) is 36.5 Å². The molecule has 0 aliphatic rings. The van der Waals surface area contributed by atoms with Crippen molar-refractivity contribution in [3.63, 3.8) is 0 Å². The van der Waals surface area contributed by atoms with Gasteiger partial charge in [-0.2, -0.15) is 0 Å².